The van der Waals surface area contributed by atoms with Crippen molar-refractivity contribution >= 4 is 17.5 Å². The summed E-state index contributed by atoms with van der Waals surface area (Å²) in [5.74, 6) is 1.20. The zero-order valence-corrected chi connectivity index (χ0v) is 12.2. The van der Waals surface area contributed by atoms with E-state index in [0.717, 1.165) is 5.56 Å². The van der Waals surface area contributed by atoms with Gasteiger partial charge in [0.1, 0.15) is 11.5 Å². The van der Waals surface area contributed by atoms with Crippen molar-refractivity contribution in [3.05, 3.63) is 52.8 Å². The third kappa shape index (κ3) is 1.83. The summed E-state index contributed by atoms with van der Waals surface area (Å²) in [6.07, 6.45) is 1.70. The quantitative estimate of drug-likeness (QED) is 0.750. The van der Waals surface area contributed by atoms with Crippen molar-refractivity contribution in [2.24, 2.45) is 0 Å². The van der Waals surface area contributed by atoms with Gasteiger partial charge in [-0.2, -0.15) is 0 Å². The number of rotatable bonds is 0. The molecule has 1 aromatic heterocycles. The van der Waals surface area contributed by atoms with E-state index >= 15 is 0 Å². The van der Waals surface area contributed by atoms with Crippen LogP contribution in [-0.4, -0.2) is 29.4 Å². The minimum absolute atomic E-state index is 0.0471. The smallest absolute Gasteiger partial charge is 0.232 e. The van der Waals surface area contributed by atoms with Crippen LogP contribution in [0.3, 0.4) is 0 Å². The molecule has 4 rings (SSSR count). The molecule has 106 valence electrons. The number of hydrogen-bond donors (Lipinski definition) is 0. The maximum Gasteiger partial charge on any atom is 0.232 e. The lowest BCUT2D eigenvalue weighted by Gasteiger charge is -2.14. The van der Waals surface area contributed by atoms with Crippen molar-refractivity contribution in [1.29, 1.82) is 0 Å². The van der Waals surface area contributed by atoms with Gasteiger partial charge in [0.05, 0.1) is 11.6 Å². The highest BCUT2D eigenvalue weighted by Crippen LogP contribution is 2.49. The van der Waals surface area contributed by atoms with Crippen molar-refractivity contribution in [1.82, 2.24) is 9.88 Å². The number of aromatic nitrogens is 1. The standard InChI is InChI=1S/C16H13ClN2O2/c1-19-8-11-10-5-4-9(17)7-13(10)21-12-3-2-6-18-15(12)14(11)16(19)20/h2-7,11,14H,8H2,1H3/t11?,14-/m0/s1. The van der Waals surface area contributed by atoms with Crippen LogP contribution in [0.15, 0.2) is 36.5 Å². The number of halogens is 1. The molecule has 1 amide bonds. The van der Waals surface area contributed by atoms with Crippen molar-refractivity contribution in [2.75, 3.05) is 13.6 Å². The van der Waals surface area contributed by atoms with E-state index in [1.54, 1.807) is 17.2 Å². The number of ether oxygens (including phenoxy) is 1. The zero-order valence-electron chi connectivity index (χ0n) is 11.4. The summed E-state index contributed by atoms with van der Waals surface area (Å²) in [5, 5.41) is 0.621. The van der Waals surface area contributed by atoms with Gasteiger partial charge in [-0.05, 0) is 24.3 Å². The molecule has 0 bridgehead atoms. The second-order valence-electron chi connectivity index (χ2n) is 5.47. The molecule has 1 aromatic carbocycles. The minimum Gasteiger partial charge on any atom is -0.455 e. The van der Waals surface area contributed by atoms with Gasteiger partial charge in [-0.15, -0.1) is 0 Å². The molecule has 0 radical (unpaired) electrons. The topological polar surface area (TPSA) is 42.4 Å². The van der Waals surface area contributed by atoms with Crippen molar-refractivity contribution in [3.8, 4) is 11.5 Å². The Morgan fingerprint density at radius 1 is 1.33 bits per heavy atom. The van der Waals surface area contributed by atoms with Crippen LogP contribution in [0.4, 0.5) is 0 Å². The molecule has 0 aliphatic carbocycles. The van der Waals surface area contributed by atoms with Gasteiger partial charge >= 0.3 is 0 Å². The number of carbonyl (C=O) groups is 1. The van der Waals surface area contributed by atoms with Crippen LogP contribution in [0.1, 0.15) is 23.1 Å². The van der Waals surface area contributed by atoms with Crippen molar-refractivity contribution in [2.45, 2.75) is 11.8 Å². The van der Waals surface area contributed by atoms with Gasteiger partial charge in [-0.1, -0.05) is 17.7 Å². The largest absolute Gasteiger partial charge is 0.455 e. The molecule has 1 fully saturated rings. The number of benzene rings is 1. The molecular formula is C16H13ClN2O2. The second kappa shape index (κ2) is 4.46. The first-order valence-corrected chi connectivity index (χ1v) is 7.20. The van der Waals surface area contributed by atoms with E-state index in [0.29, 0.717) is 28.8 Å². The lowest BCUT2D eigenvalue weighted by molar-refractivity contribution is -0.127. The van der Waals surface area contributed by atoms with Crippen LogP contribution in [0.2, 0.25) is 5.02 Å². The van der Waals surface area contributed by atoms with Crippen LogP contribution in [-0.2, 0) is 4.79 Å². The Balaban J connectivity index is 1.98. The van der Waals surface area contributed by atoms with Gasteiger partial charge in [0.2, 0.25) is 5.91 Å². The summed E-state index contributed by atoms with van der Waals surface area (Å²) in [5.41, 5.74) is 1.73. The molecule has 2 aliphatic rings. The van der Waals surface area contributed by atoms with E-state index in [4.69, 9.17) is 16.3 Å². The second-order valence-corrected chi connectivity index (χ2v) is 5.91. The molecule has 4 nitrogen and oxygen atoms in total. The normalized spacial score (nSPS) is 23.0. The van der Waals surface area contributed by atoms with E-state index in [2.05, 4.69) is 4.98 Å². The number of pyridine rings is 1. The molecule has 5 heteroatoms. The van der Waals surface area contributed by atoms with Gasteiger partial charge in [-0.25, -0.2) is 0 Å². The summed E-state index contributed by atoms with van der Waals surface area (Å²) in [7, 11) is 1.83. The molecule has 3 heterocycles. The van der Waals surface area contributed by atoms with Crippen LogP contribution < -0.4 is 4.74 Å². The molecule has 21 heavy (non-hydrogen) atoms. The van der Waals surface area contributed by atoms with Crippen LogP contribution in [0, 0.1) is 0 Å². The number of fused-ring (bicyclic) bond motifs is 5. The Labute approximate surface area is 127 Å². The molecule has 2 aliphatic heterocycles. The highest BCUT2D eigenvalue weighted by molar-refractivity contribution is 6.30. The van der Waals surface area contributed by atoms with Crippen LogP contribution in [0.25, 0.3) is 0 Å². The van der Waals surface area contributed by atoms with E-state index in [1.807, 2.05) is 31.3 Å². The fourth-order valence-electron chi connectivity index (χ4n) is 3.23. The zero-order chi connectivity index (χ0) is 14.6. The fraction of sp³-hybridized carbons (Fsp3) is 0.250. The Morgan fingerprint density at radius 3 is 3.05 bits per heavy atom. The van der Waals surface area contributed by atoms with Crippen molar-refractivity contribution in [3.63, 3.8) is 0 Å². The number of hydrogen-bond acceptors (Lipinski definition) is 3. The summed E-state index contributed by atoms with van der Waals surface area (Å²) >= 11 is 6.08. The predicted octanol–water partition coefficient (Wildman–Crippen LogP) is 3.18. The fourth-order valence-corrected chi connectivity index (χ4v) is 3.39. The number of carbonyl (C=O) groups excluding carboxylic acids is 1. The average molecular weight is 301 g/mol. The number of likely N-dealkylation sites (N-methyl/N-ethyl adjacent to an activating group) is 1. The molecule has 1 unspecified atom stereocenters. The highest BCUT2D eigenvalue weighted by atomic mass is 35.5. The van der Waals surface area contributed by atoms with Gasteiger partial charge < -0.3 is 9.64 Å². The predicted molar refractivity (Wildman–Crippen MR) is 78.9 cm³/mol. The van der Waals surface area contributed by atoms with E-state index < -0.39 is 0 Å². The number of amides is 1. The van der Waals surface area contributed by atoms with E-state index in [9.17, 15) is 4.79 Å². The summed E-state index contributed by atoms with van der Waals surface area (Å²) in [6.45, 7) is 0.664. The maximum absolute atomic E-state index is 12.5. The minimum atomic E-state index is -0.284. The Bertz CT molecular complexity index is 747. The van der Waals surface area contributed by atoms with E-state index in [1.165, 1.54) is 0 Å². The third-order valence-electron chi connectivity index (χ3n) is 4.20. The van der Waals surface area contributed by atoms with Crippen LogP contribution in [0.5, 0.6) is 11.5 Å². The first-order chi connectivity index (χ1) is 10.1. The summed E-state index contributed by atoms with van der Waals surface area (Å²) in [6, 6.07) is 9.26. The van der Waals surface area contributed by atoms with E-state index in [-0.39, 0.29) is 17.7 Å². The summed E-state index contributed by atoms with van der Waals surface area (Å²) < 4.78 is 5.99. The molecule has 2 aromatic rings. The first kappa shape index (κ1) is 12.7. The number of likely N-dealkylation sites (tertiary alicyclic amines) is 1. The highest BCUT2D eigenvalue weighted by Gasteiger charge is 2.45. The molecular weight excluding hydrogens is 288 g/mol. The number of nitrogens with zero attached hydrogens (tertiary/aromatic N) is 2. The van der Waals surface area contributed by atoms with Gasteiger partial charge in [0, 0.05) is 36.3 Å². The molecule has 0 saturated carbocycles. The van der Waals surface area contributed by atoms with Gasteiger partial charge in [0.25, 0.3) is 0 Å². The third-order valence-corrected chi connectivity index (χ3v) is 4.44. The lowest BCUT2D eigenvalue weighted by atomic mass is 9.86. The maximum atomic E-state index is 12.5. The summed E-state index contributed by atoms with van der Waals surface area (Å²) in [4.78, 5) is 18.7. The van der Waals surface area contributed by atoms with Gasteiger partial charge in [-0.3, -0.25) is 9.78 Å². The Morgan fingerprint density at radius 2 is 2.19 bits per heavy atom. The van der Waals surface area contributed by atoms with Crippen LogP contribution >= 0.6 is 11.6 Å². The molecule has 0 spiro atoms. The first-order valence-electron chi connectivity index (χ1n) is 6.82. The van der Waals surface area contributed by atoms with Crippen molar-refractivity contribution < 1.29 is 9.53 Å². The monoisotopic (exact) mass is 300 g/mol. The van der Waals surface area contributed by atoms with Gasteiger partial charge in [0.15, 0.2) is 0 Å². The Hall–Kier alpha value is -2.07. The SMILES string of the molecule is CN1CC2c3ccc(Cl)cc3Oc3cccnc3[C@H]2C1=O. The lowest BCUT2D eigenvalue weighted by Crippen LogP contribution is -2.22. The molecule has 2 atom stereocenters. The Kier molecular flexibility index (Phi) is 2.69. The molecule has 0 N–H and O–H groups in total. The average Bonchev–Trinajstić information content (AvgIpc) is 2.68. The molecule has 1 saturated heterocycles.